The van der Waals surface area contributed by atoms with E-state index in [1.807, 2.05) is 48.5 Å². The maximum Gasteiger partial charge on any atom is 0.138 e. The van der Waals surface area contributed by atoms with E-state index < -0.39 is 0 Å². The predicted octanol–water partition coefficient (Wildman–Crippen LogP) is 5.17. The number of nitrogens with one attached hydrogen (secondary N) is 2. The van der Waals surface area contributed by atoms with Gasteiger partial charge in [0, 0.05) is 29.3 Å². The molecular weight excluding hydrogens is 400 g/mol. The highest BCUT2D eigenvalue weighted by Crippen LogP contribution is 2.30. The molecule has 8 heteroatoms. The van der Waals surface area contributed by atoms with E-state index in [2.05, 4.69) is 25.6 Å². The van der Waals surface area contributed by atoms with Crippen LogP contribution in [0.15, 0.2) is 79.3 Å². The van der Waals surface area contributed by atoms with Crippen LogP contribution >= 0.6 is 11.6 Å². The van der Waals surface area contributed by atoms with Crippen molar-refractivity contribution >= 4 is 40.3 Å². The van der Waals surface area contributed by atoms with Gasteiger partial charge in [0.15, 0.2) is 0 Å². The third-order valence-corrected chi connectivity index (χ3v) is 4.43. The van der Waals surface area contributed by atoms with Crippen molar-refractivity contribution in [1.29, 1.82) is 0 Å². The molecular formula is C22H19ClN6O. The van der Waals surface area contributed by atoms with Gasteiger partial charge < -0.3 is 21.1 Å². The Kier molecular flexibility index (Phi) is 5.91. The van der Waals surface area contributed by atoms with E-state index in [9.17, 15) is 0 Å². The summed E-state index contributed by atoms with van der Waals surface area (Å²) < 4.78 is 5.76. The Hall–Kier alpha value is -3.84. The summed E-state index contributed by atoms with van der Waals surface area (Å²) in [5.41, 5.74) is 8.94. The first-order valence-electron chi connectivity index (χ1n) is 9.19. The topological polar surface area (TPSA) is 98.0 Å². The van der Waals surface area contributed by atoms with Gasteiger partial charge in [-0.25, -0.2) is 9.97 Å². The Morgan fingerprint density at radius 1 is 0.833 bits per heavy atom. The molecule has 30 heavy (non-hydrogen) atoms. The highest BCUT2D eigenvalue weighted by Gasteiger charge is 2.06. The van der Waals surface area contributed by atoms with Crippen molar-refractivity contribution in [2.45, 2.75) is 6.61 Å². The Balaban J connectivity index is 1.42. The van der Waals surface area contributed by atoms with E-state index in [4.69, 9.17) is 22.1 Å². The number of hydrogen-bond acceptors (Lipinski definition) is 7. The molecule has 0 aliphatic rings. The van der Waals surface area contributed by atoms with Crippen LogP contribution in [0.5, 0.6) is 5.75 Å². The van der Waals surface area contributed by atoms with Crippen molar-refractivity contribution in [3.63, 3.8) is 0 Å². The molecule has 150 valence electrons. The fraction of sp³-hybridized carbons (Fsp3) is 0.0455. The molecule has 0 aliphatic heterocycles. The molecule has 4 aromatic rings. The van der Waals surface area contributed by atoms with Gasteiger partial charge in [-0.2, -0.15) is 0 Å². The smallest absolute Gasteiger partial charge is 0.138 e. The van der Waals surface area contributed by atoms with Crippen LogP contribution in [0, 0.1) is 0 Å². The minimum absolute atomic E-state index is 0.346. The highest BCUT2D eigenvalue weighted by atomic mass is 35.5. The lowest BCUT2D eigenvalue weighted by atomic mass is 10.3. The fourth-order valence-corrected chi connectivity index (χ4v) is 2.97. The molecule has 0 bridgehead atoms. The first kappa shape index (κ1) is 19.5. The first-order valence-corrected chi connectivity index (χ1v) is 9.57. The van der Waals surface area contributed by atoms with Crippen LogP contribution in [-0.4, -0.2) is 15.0 Å². The van der Waals surface area contributed by atoms with Gasteiger partial charge >= 0.3 is 0 Å². The summed E-state index contributed by atoms with van der Waals surface area (Å²) in [7, 11) is 0. The lowest BCUT2D eigenvalue weighted by molar-refractivity contribution is 0.301. The SMILES string of the molecule is Nc1cccc(Nc2cc(Nc3ccc(OCc4ccccn4)c(Cl)c3)ncn2)c1. The number of ether oxygens (including phenoxy) is 1. The number of anilines is 5. The summed E-state index contributed by atoms with van der Waals surface area (Å²) in [5, 5.41) is 6.90. The van der Waals surface area contributed by atoms with E-state index >= 15 is 0 Å². The Morgan fingerprint density at radius 3 is 2.33 bits per heavy atom. The fourth-order valence-electron chi connectivity index (χ4n) is 2.74. The zero-order valence-electron chi connectivity index (χ0n) is 15.9. The second kappa shape index (κ2) is 9.11. The summed E-state index contributed by atoms with van der Waals surface area (Å²) >= 11 is 6.37. The lowest BCUT2D eigenvalue weighted by Crippen LogP contribution is -2.00. The summed E-state index contributed by atoms with van der Waals surface area (Å²) in [6, 6.07) is 20.4. The molecule has 0 saturated carbocycles. The van der Waals surface area contributed by atoms with Crippen LogP contribution < -0.4 is 21.1 Å². The molecule has 0 atom stereocenters. The van der Waals surface area contributed by atoms with Crippen molar-refractivity contribution in [2.75, 3.05) is 16.4 Å². The van der Waals surface area contributed by atoms with Gasteiger partial charge in [0.05, 0.1) is 10.7 Å². The van der Waals surface area contributed by atoms with Gasteiger partial charge in [0.25, 0.3) is 0 Å². The molecule has 7 nitrogen and oxygen atoms in total. The number of nitrogens with two attached hydrogens (primary N) is 1. The molecule has 4 N–H and O–H groups in total. The Morgan fingerprint density at radius 2 is 1.63 bits per heavy atom. The second-order valence-corrected chi connectivity index (χ2v) is 6.83. The second-order valence-electron chi connectivity index (χ2n) is 6.42. The van der Waals surface area contributed by atoms with E-state index in [0.717, 1.165) is 17.1 Å². The van der Waals surface area contributed by atoms with Crippen LogP contribution in [0.25, 0.3) is 0 Å². The highest BCUT2D eigenvalue weighted by molar-refractivity contribution is 6.32. The normalized spacial score (nSPS) is 10.4. The maximum absolute atomic E-state index is 6.37. The summed E-state index contributed by atoms with van der Waals surface area (Å²) in [4.78, 5) is 12.7. The van der Waals surface area contributed by atoms with Crippen molar-refractivity contribution in [1.82, 2.24) is 15.0 Å². The average Bonchev–Trinajstić information content (AvgIpc) is 2.74. The third-order valence-electron chi connectivity index (χ3n) is 4.13. The molecule has 0 amide bonds. The Bertz CT molecular complexity index is 1140. The molecule has 0 spiro atoms. The number of pyridine rings is 1. The Labute approximate surface area is 178 Å². The third kappa shape index (κ3) is 5.15. The number of hydrogen-bond donors (Lipinski definition) is 3. The number of nitrogen functional groups attached to an aromatic ring is 1. The predicted molar refractivity (Wildman–Crippen MR) is 119 cm³/mol. The van der Waals surface area contributed by atoms with Crippen LogP contribution in [0.2, 0.25) is 5.02 Å². The number of benzene rings is 2. The largest absolute Gasteiger partial charge is 0.486 e. The molecule has 0 unspecified atom stereocenters. The van der Waals surface area contributed by atoms with E-state index in [1.54, 1.807) is 24.4 Å². The molecule has 2 heterocycles. The first-order chi connectivity index (χ1) is 14.7. The van der Waals surface area contributed by atoms with Crippen molar-refractivity contribution in [2.24, 2.45) is 0 Å². The minimum atomic E-state index is 0.346. The number of aromatic nitrogens is 3. The number of rotatable bonds is 7. The number of halogens is 1. The molecule has 0 fully saturated rings. The van der Waals surface area contributed by atoms with Gasteiger partial charge in [-0.05, 0) is 48.5 Å². The van der Waals surface area contributed by atoms with E-state index in [-0.39, 0.29) is 0 Å². The van der Waals surface area contributed by atoms with Gasteiger partial charge in [-0.15, -0.1) is 0 Å². The quantitative estimate of drug-likeness (QED) is 0.356. The molecule has 2 aromatic carbocycles. The lowest BCUT2D eigenvalue weighted by Gasteiger charge is -2.11. The molecule has 0 saturated heterocycles. The van der Waals surface area contributed by atoms with Gasteiger partial charge in [0.2, 0.25) is 0 Å². The van der Waals surface area contributed by atoms with Gasteiger partial charge in [-0.3, -0.25) is 4.98 Å². The van der Waals surface area contributed by atoms with Crippen molar-refractivity contribution < 1.29 is 4.74 Å². The zero-order chi connectivity index (χ0) is 20.8. The van der Waals surface area contributed by atoms with Crippen LogP contribution in [0.1, 0.15) is 5.69 Å². The van der Waals surface area contributed by atoms with Crippen molar-refractivity contribution in [3.05, 3.63) is 90.0 Å². The van der Waals surface area contributed by atoms with Gasteiger partial charge in [-0.1, -0.05) is 23.7 Å². The number of nitrogens with zero attached hydrogens (tertiary/aromatic N) is 3. The molecule has 4 rings (SSSR count). The summed E-state index contributed by atoms with van der Waals surface area (Å²) in [5.74, 6) is 1.84. The maximum atomic E-state index is 6.37. The van der Waals surface area contributed by atoms with Crippen LogP contribution in [0.3, 0.4) is 0 Å². The monoisotopic (exact) mass is 418 g/mol. The molecule has 0 radical (unpaired) electrons. The standard InChI is InChI=1S/C22H19ClN6O/c23-19-11-17(7-8-20(19)30-13-18-5-1-2-9-25-18)29-22-12-21(26-14-27-22)28-16-6-3-4-15(24)10-16/h1-12,14H,13,24H2,(H2,26,27,28,29). The van der Waals surface area contributed by atoms with Gasteiger partial charge in [0.1, 0.15) is 30.3 Å². The average molecular weight is 419 g/mol. The van der Waals surface area contributed by atoms with Crippen LogP contribution in [0.4, 0.5) is 28.7 Å². The minimum Gasteiger partial charge on any atom is -0.486 e. The van der Waals surface area contributed by atoms with E-state index in [0.29, 0.717) is 34.7 Å². The molecule has 2 aromatic heterocycles. The summed E-state index contributed by atoms with van der Waals surface area (Å²) in [6.45, 7) is 0.346. The van der Waals surface area contributed by atoms with Crippen LogP contribution in [-0.2, 0) is 6.61 Å². The zero-order valence-corrected chi connectivity index (χ0v) is 16.7. The van der Waals surface area contributed by atoms with Crippen molar-refractivity contribution in [3.8, 4) is 5.75 Å². The van der Waals surface area contributed by atoms with E-state index in [1.165, 1.54) is 6.33 Å². The molecule has 0 aliphatic carbocycles. The summed E-state index contributed by atoms with van der Waals surface area (Å²) in [6.07, 6.45) is 3.20.